The Morgan fingerprint density at radius 1 is 1.38 bits per heavy atom. The van der Waals surface area contributed by atoms with Gasteiger partial charge in [0.25, 0.3) is 0 Å². The number of thioether (sulfide) groups is 1. The van der Waals surface area contributed by atoms with E-state index in [4.69, 9.17) is 22.1 Å². The number of nitrogens with zero attached hydrogens (tertiary/aromatic N) is 3. The Bertz CT molecular complexity index is 735. The number of nitrogens with two attached hydrogens (primary N) is 1. The summed E-state index contributed by atoms with van der Waals surface area (Å²) in [5.41, 5.74) is 4.92. The molecule has 1 atom stereocenters. The SMILES string of the molecule is C[C@@H](Sc1nnc(COc2ccc(Cl)cc2)n1C)C(=O)NC(N)=O. The second-order valence-electron chi connectivity index (χ2n) is 4.81. The molecule has 0 bridgehead atoms. The number of imide groups is 1. The van der Waals surface area contributed by atoms with E-state index in [1.807, 2.05) is 5.32 Å². The molecule has 0 saturated heterocycles. The molecule has 0 aliphatic carbocycles. The van der Waals surface area contributed by atoms with Crippen LogP contribution in [-0.4, -0.2) is 32.0 Å². The Morgan fingerprint density at radius 3 is 2.67 bits per heavy atom. The van der Waals surface area contributed by atoms with E-state index in [-0.39, 0.29) is 6.61 Å². The van der Waals surface area contributed by atoms with Gasteiger partial charge in [-0.15, -0.1) is 10.2 Å². The molecule has 1 aromatic heterocycles. The van der Waals surface area contributed by atoms with E-state index in [0.29, 0.717) is 21.8 Å². The maximum Gasteiger partial charge on any atom is 0.318 e. The van der Waals surface area contributed by atoms with Gasteiger partial charge in [-0.1, -0.05) is 23.4 Å². The number of hydrogen-bond donors (Lipinski definition) is 2. The summed E-state index contributed by atoms with van der Waals surface area (Å²) in [6.07, 6.45) is 0. The van der Waals surface area contributed by atoms with Crippen molar-refractivity contribution in [2.24, 2.45) is 12.8 Å². The largest absolute Gasteiger partial charge is 0.486 e. The molecule has 2 aromatic rings. The molecule has 0 saturated carbocycles. The number of urea groups is 1. The lowest BCUT2D eigenvalue weighted by atomic mass is 10.3. The van der Waals surface area contributed by atoms with Gasteiger partial charge in [0.2, 0.25) is 5.91 Å². The van der Waals surface area contributed by atoms with Crippen LogP contribution in [0.25, 0.3) is 0 Å². The van der Waals surface area contributed by atoms with Crippen molar-refractivity contribution in [2.75, 3.05) is 0 Å². The highest BCUT2D eigenvalue weighted by atomic mass is 35.5. The van der Waals surface area contributed by atoms with E-state index in [9.17, 15) is 9.59 Å². The highest BCUT2D eigenvalue weighted by Crippen LogP contribution is 2.22. The molecule has 2 rings (SSSR count). The molecule has 0 spiro atoms. The third-order valence-electron chi connectivity index (χ3n) is 3.00. The van der Waals surface area contributed by atoms with Crippen LogP contribution in [0.2, 0.25) is 5.02 Å². The van der Waals surface area contributed by atoms with Crippen LogP contribution in [0.4, 0.5) is 4.79 Å². The minimum Gasteiger partial charge on any atom is -0.486 e. The van der Waals surface area contributed by atoms with Crippen molar-refractivity contribution in [1.29, 1.82) is 0 Å². The third kappa shape index (κ3) is 4.87. The number of carbonyl (C=O) groups excluding carboxylic acids is 2. The normalized spacial score (nSPS) is 11.8. The predicted molar refractivity (Wildman–Crippen MR) is 89.8 cm³/mol. The predicted octanol–water partition coefficient (Wildman–Crippen LogP) is 1.72. The number of rotatable bonds is 6. The summed E-state index contributed by atoms with van der Waals surface area (Å²) >= 11 is 6.98. The Balaban J connectivity index is 1.96. The lowest BCUT2D eigenvalue weighted by Crippen LogP contribution is -2.39. The van der Waals surface area contributed by atoms with E-state index in [1.165, 1.54) is 0 Å². The smallest absolute Gasteiger partial charge is 0.318 e. The van der Waals surface area contributed by atoms with E-state index >= 15 is 0 Å². The minimum absolute atomic E-state index is 0.216. The molecule has 24 heavy (non-hydrogen) atoms. The number of nitrogens with one attached hydrogen (secondary N) is 1. The van der Waals surface area contributed by atoms with E-state index in [2.05, 4.69) is 10.2 Å². The molecule has 0 radical (unpaired) electrons. The van der Waals surface area contributed by atoms with Crippen LogP contribution >= 0.6 is 23.4 Å². The van der Waals surface area contributed by atoms with Crippen molar-refractivity contribution in [3.63, 3.8) is 0 Å². The van der Waals surface area contributed by atoms with E-state index in [1.54, 1.807) is 42.8 Å². The molecule has 3 N–H and O–H groups in total. The van der Waals surface area contributed by atoms with Crippen molar-refractivity contribution in [2.45, 2.75) is 23.9 Å². The highest BCUT2D eigenvalue weighted by Gasteiger charge is 2.19. The van der Waals surface area contributed by atoms with Gasteiger partial charge in [0.05, 0.1) is 5.25 Å². The first-order chi connectivity index (χ1) is 11.4. The number of halogens is 1. The summed E-state index contributed by atoms with van der Waals surface area (Å²) in [5.74, 6) is 0.759. The van der Waals surface area contributed by atoms with Crippen LogP contribution in [0, 0.1) is 0 Å². The molecule has 0 aliphatic rings. The number of carbonyl (C=O) groups is 2. The Hall–Kier alpha value is -2.26. The number of hydrogen-bond acceptors (Lipinski definition) is 6. The van der Waals surface area contributed by atoms with Gasteiger partial charge in [-0.2, -0.15) is 0 Å². The molecule has 3 amide bonds. The lowest BCUT2D eigenvalue weighted by molar-refractivity contribution is -0.119. The minimum atomic E-state index is -0.887. The zero-order valence-electron chi connectivity index (χ0n) is 13.0. The van der Waals surface area contributed by atoms with Gasteiger partial charge in [-0.05, 0) is 31.2 Å². The molecule has 8 nitrogen and oxygen atoms in total. The number of primary amides is 1. The van der Waals surface area contributed by atoms with Gasteiger partial charge in [0.15, 0.2) is 11.0 Å². The molecule has 0 aliphatic heterocycles. The number of amides is 3. The summed E-state index contributed by atoms with van der Waals surface area (Å²) in [4.78, 5) is 22.4. The van der Waals surface area contributed by atoms with Crippen LogP contribution < -0.4 is 15.8 Å². The lowest BCUT2D eigenvalue weighted by Gasteiger charge is -2.10. The third-order valence-corrected chi connectivity index (χ3v) is 4.39. The van der Waals surface area contributed by atoms with E-state index in [0.717, 1.165) is 11.8 Å². The average Bonchev–Trinajstić information content (AvgIpc) is 2.86. The van der Waals surface area contributed by atoms with Crippen molar-refractivity contribution in [1.82, 2.24) is 20.1 Å². The molecule has 0 unspecified atom stereocenters. The fourth-order valence-electron chi connectivity index (χ4n) is 1.69. The first-order valence-electron chi connectivity index (χ1n) is 6.90. The second-order valence-corrected chi connectivity index (χ2v) is 6.56. The van der Waals surface area contributed by atoms with Crippen LogP contribution in [0.15, 0.2) is 29.4 Å². The number of ether oxygens (including phenoxy) is 1. The van der Waals surface area contributed by atoms with Gasteiger partial charge >= 0.3 is 6.03 Å². The molecule has 10 heteroatoms. The van der Waals surface area contributed by atoms with Gasteiger partial charge in [0.1, 0.15) is 12.4 Å². The summed E-state index contributed by atoms with van der Waals surface area (Å²) < 4.78 is 7.33. The monoisotopic (exact) mass is 369 g/mol. The standard InChI is InChI=1S/C14H16ClN5O3S/c1-8(12(21)17-13(16)22)24-14-19-18-11(20(14)2)7-23-10-5-3-9(15)4-6-10/h3-6,8H,7H2,1-2H3,(H3,16,17,21,22)/t8-/m1/s1. The summed E-state index contributed by atoms with van der Waals surface area (Å²) in [7, 11) is 1.77. The molecule has 1 heterocycles. The van der Waals surface area contributed by atoms with Crippen LogP contribution in [0.5, 0.6) is 5.75 Å². The quantitative estimate of drug-likeness (QED) is 0.750. The molecular weight excluding hydrogens is 354 g/mol. The number of benzene rings is 1. The van der Waals surface area contributed by atoms with Gasteiger partial charge in [0, 0.05) is 12.1 Å². The summed E-state index contributed by atoms with van der Waals surface area (Å²) in [6.45, 7) is 1.86. The maximum atomic E-state index is 11.7. The fraction of sp³-hybridized carbons (Fsp3) is 0.286. The number of aromatic nitrogens is 3. The van der Waals surface area contributed by atoms with Crippen LogP contribution in [0.1, 0.15) is 12.7 Å². The van der Waals surface area contributed by atoms with Crippen molar-refractivity contribution >= 4 is 35.3 Å². The molecule has 1 aromatic carbocycles. The zero-order chi connectivity index (χ0) is 17.7. The molecule has 0 fully saturated rings. The van der Waals surface area contributed by atoms with Crippen molar-refractivity contribution in [3.05, 3.63) is 35.1 Å². The summed E-state index contributed by atoms with van der Waals surface area (Å²) in [5, 5.41) is 10.7. The first-order valence-corrected chi connectivity index (χ1v) is 8.16. The van der Waals surface area contributed by atoms with Crippen molar-refractivity contribution < 1.29 is 14.3 Å². The maximum absolute atomic E-state index is 11.7. The average molecular weight is 370 g/mol. The first kappa shape index (κ1) is 18.1. The van der Waals surface area contributed by atoms with Gasteiger partial charge in [-0.3, -0.25) is 10.1 Å². The summed E-state index contributed by atoms with van der Waals surface area (Å²) in [6, 6.07) is 6.08. The highest BCUT2D eigenvalue weighted by molar-refractivity contribution is 8.00. The fourth-order valence-corrected chi connectivity index (χ4v) is 2.65. The Labute approximate surface area is 147 Å². The van der Waals surface area contributed by atoms with E-state index < -0.39 is 17.2 Å². The van der Waals surface area contributed by atoms with Crippen molar-refractivity contribution in [3.8, 4) is 5.75 Å². The van der Waals surface area contributed by atoms with Gasteiger partial charge in [-0.25, -0.2) is 4.79 Å². The Morgan fingerprint density at radius 2 is 2.04 bits per heavy atom. The second kappa shape index (κ2) is 8.02. The topological polar surface area (TPSA) is 112 Å². The van der Waals surface area contributed by atoms with Crippen LogP contribution in [0.3, 0.4) is 0 Å². The zero-order valence-corrected chi connectivity index (χ0v) is 14.6. The van der Waals surface area contributed by atoms with Gasteiger partial charge < -0.3 is 15.0 Å². The Kier molecular flexibility index (Phi) is 6.04. The van der Waals surface area contributed by atoms with Crippen LogP contribution in [-0.2, 0) is 18.4 Å². The molecule has 128 valence electrons. The molecular formula is C14H16ClN5O3S.